The predicted molar refractivity (Wildman–Crippen MR) is 71.0 cm³/mol. The summed E-state index contributed by atoms with van der Waals surface area (Å²) in [6.45, 7) is 6.71. The van der Waals surface area contributed by atoms with Gasteiger partial charge in [-0.05, 0) is 30.4 Å². The second-order valence-corrected chi connectivity index (χ2v) is 3.69. The van der Waals surface area contributed by atoms with Crippen LogP contribution in [0.3, 0.4) is 0 Å². The molecule has 0 spiro atoms. The third-order valence-electron chi connectivity index (χ3n) is 2.26. The van der Waals surface area contributed by atoms with Crippen molar-refractivity contribution in [3.05, 3.63) is 35.4 Å². The van der Waals surface area contributed by atoms with Gasteiger partial charge in [-0.1, -0.05) is 45.0 Å². The number of hydrogen-bond donors (Lipinski definition) is 1. The fourth-order valence-electron chi connectivity index (χ4n) is 1.27. The number of ether oxygens (including phenoxy) is 1. The topological polar surface area (TPSA) is 52.3 Å². The SMILES string of the molecule is CCCOC(N)=O.CCc1cccc(CC)c1. The molecule has 3 heteroatoms. The van der Waals surface area contributed by atoms with Gasteiger partial charge in [-0.3, -0.25) is 0 Å². The Bertz CT molecular complexity index is 305. The monoisotopic (exact) mass is 237 g/mol. The van der Waals surface area contributed by atoms with Crippen LogP contribution in [0.4, 0.5) is 4.79 Å². The van der Waals surface area contributed by atoms with Crippen LogP contribution in [0.25, 0.3) is 0 Å². The van der Waals surface area contributed by atoms with Crippen LogP contribution in [0.15, 0.2) is 24.3 Å². The zero-order valence-corrected chi connectivity index (χ0v) is 11.0. The van der Waals surface area contributed by atoms with Crippen LogP contribution in [0.2, 0.25) is 0 Å². The van der Waals surface area contributed by atoms with Crippen molar-refractivity contribution in [3.8, 4) is 0 Å². The summed E-state index contributed by atoms with van der Waals surface area (Å²) in [4.78, 5) is 9.76. The van der Waals surface area contributed by atoms with Crippen LogP contribution in [-0.2, 0) is 17.6 Å². The number of rotatable bonds is 4. The summed E-state index contributed by atoms with van der Waals surface area (Å²) in [6.07, 6.45) is 2.42. The lowest BCUT2D eigenvalue weighted by molar-refractivity contribution is 0.157. The molecule has 0 atom stereocenters. The van der Waals surface area contributed by atoms with Gasteiger partial charge >= 0.3 is 6.09 Å². The summed E-state index contributed by atoms with van der Waals surface area (Å²) >= 11 is 0. The van der Waals surface area contributed by atoms with Crippen molar-refractivity contribution < 1.29 is 9.53 Å². The smallest absolute Gasteiger partial charge is 0.404 e. The second kappa shape index (κ2) is 9.70. The molecule has 0 radical (unpaired) electrons. The highest BCUT2D eigenvalue weighted by atomic mass is 16.5. The Morgan fingerprint density at radius 2 is 1.71 bits per heavy atom. The maximum Gasteiger partial charge on any atom is 0.404 e. The van der Waals surface area contributed by atoms with E-state index in [1.165, 1.54) is 11.1 Å². The molecule has 0 bridgehead atoms. The van der Waals surface area contributed by atoms with E-state index in [0.717, 1.165) is 19.3 Å². The van der Waals surface area contributed by atoms with Crippen molar-refractivity contribution >= 4 is 6.09 Å². The van der Waals surface area contributed by atoms with Gasteiger partial charge in [-0.2, -0.15) is 0 Å². The van der Waals surface area contributed by atoms with Gasteiger partial charge in [0, 0.05) is 0 Å². The van der Waals surface area contributed by atoms with Gasteiger partial charge in [-0.15, -0.1) is 0 Å². The fourth-order valence-corrected chi connectivity index (χ4v) is 1.27. The van der Waals surface area contributed by atoms with Crippen molar-refractivity contribution in [1.82, 2.24) is 0 Å². The first-order valence-corrected chi connectivity index (χ1v) is 6.14. The van der Waals surface area contributed by atoms with Crippen molar-refractivity contribution in [2.24, 2.45) is 5.73 Å². The number of nitrogens with two attached hydrogens (primary N) is 1. The number of benzene rings is 1. The number of aryl methyl sites for hydroxylation is 2. The van der Waals surface area contributed by atoms with E-state index in [1.54, 1.807) is 0 Å². The van der Waals surface area contributed by atoms with E-state index in [1.807, 2.05) is 6.92 Å². The highest BCUT2D eigenvalue weighted by Crippen LogP contribution is 2.05. The van der Waals surface area contributed by atoms with Crippen LogP contribution < -0.4 is 5.73 Å². The molecule has 3 nitrogen and oxygen atoms in total. The van der Waals surface area contributed by atoms with Crippen molar-refractivity contribution in [3.63, 3.8) is 0 Å². The molecule has 0 aliphatic rings. The minimum absolute atomic E-state index is 0.426. The minimum atomic E-state index is -0.693. The highest BCUT2D eigenvalue weighted by molar-refractivity contribution is 5.64. The van der Waals surface area contributed by atoms with E-state index in [9.17, 15) is 4.79 Å². The third kappa shape index (κ3) is 8.31. The molecule has 96 valence electrons. The molecule has 0 aromatic heterocycles. The van der Waals surface area contributed by atoms with Gasteiger partial charge in [-0.25, -0.2) is 4.79 Å². The van der Waals surface area contributed by atoms with E-state index in [0.29, 0.717) is 6.61 Å². The largest absolute Gasteiger partial charge is 0.450 e. The zero-order chi connectivity index (χ0) is 13.1. The molecule has 1 aromatic carbocycles. The average molecular weight is 237 g/mol. The summed E-state index contributed by atoms with van der Waals surface area (Å²) in [5.74, 6) is 0. The highest BCUT2D eigenvalue weighted by Gasteiger charge is 1.89. The molecule has 0 fully saturated rings. The number of carbonyl (C=O) groups is 1. The Morgan fingerprint density at radius 1 is 1.18 bits per heavy atom. The van der Waals surface area contributed by atoms with Crippen LogP contribution in [0.5, 0.6) is 0 Å². The maximum atomic E-state index is 9.76. The van der Waals surface area contributed by atoms with Gasteiger partial charge in [0.15, 0.2) is 0 Å². The Kier molecular flexibility index (Phi) is 8.84. The first-order chi connectivity index (χ1) is 8.13. The summed E-state index contributed by atoms with van der Waals surface area (Å²) < 4.78 is 4.33. The van der Waals surface area contributed by atoms with Crippen molar-refractivity contribution in [1.29, 1.82) is 0 Å². The molecule has 17 heavy (non-hydrogen) atoms. The van der Waals surface area contributed by atoms with Gasteiger partial charge in [0.05, 0.1) is 6.61 Å². The van der Waals surface area contributed by atoms with Crippen LogP contribution in [-0.4, -0.2) is 12.7 Å². The summed E-state index contributed by atoms with van der Waals surface area (Å²) in [5, 5.41) is 0. The molecular formula is C14H23NO2. The molecule has 0 aliphatic heterocycles. The summed E-state index contributed by atoms with van der Waals surface area (Å²) in [7, 11) is 0. The first-order valence-electron chi connectivity index (χ1n) is 6.14. The maximum absolute atomic E-state index is 9.76. The van der Waals surface area contributed by atoms with E-state index < -0.39 is 6.09 Å². The molecule has 1 amide bonds. The molecule has 0 saturated heterocycles. The molecular weight excluding hydrogens is 214 g/mol. The van der Waals surface area contributed by atoms with Gasteiger partial charge in [0.1, 0.15) is 0 Å². The van der Waals surface area contributed by atoms with E-state index in [-0.39, 0.29) is 0 Å². The average Bonchev–Trinajstić information content (AvgIpc) is 2.37. The summed E-state index contributed by atoms with van der Waals surface area (Å²) in [5.41, 5.74) is 7.51. The van der Waals surface area contributed by atoms with Crippen LogP contribution >= 0.6 is 0 Å². The van der Waals surface area contributed by atoms with E-state index in [2.05, 4.69) is 48.6 Å². The molecule has 0 saturated carbocycles. The second-order valence-electron chi connectivity index (χ2n) is 3.69. The van der Waals surface area contributed by atoms with Crippen LogP contribution in [0.1, 0.15) is 38.3 Å². The number of carbonyl (C=O) groups excluding carboxylic acids is 1. The van der Waals surface area contributed by atoms with Gasteiger partial charge < -0.3 is 10.5 Å². The molecule has 0 unspecified atom stereocenters. The lowest BCUT2D eigenvalue weighted by atomic mass is 10.1. The predicted octanol–water partition coefficient (Wildman–Crippen LogP) is 3.30. The number of hydrogen-bond acceptors (Lipinski definition) is 2. The first kappa shape index (κ1) is 15.5. The molecule has 2 N–H and O–H groups in total. The van der Waals surface area contributed by atoms with Crippen molar-refractivity contribution in [2.75, 3.05) is 6.61 Å². The number of primary amides is 1. The summed E-state index contributed by atoms with van der Waals surface area (Å²) in [6, 6.07) is 8.77. The van der Waals surface area contributed by atoms with Gasteiger partial charge in [0.2, 0.25) is 0 Å². The Balaban J connectivity index is 0.000000325. The quantitative estimate of drug-likeness (QED) is 0.873. The van der Waals surface area contributed by atoms with Crippen molar-refractivity contribution in [2.45, 2.75) is 40.0 Å². The fraction of sp³-hybridized carbons (Fsp3) is 0.500. The third-order valence-corrected chi connectivity index (χ3v) is 2.26. The van der Waals surface area contributed by atoms with E-state index in [4.69, 9.17) is 0 Å². The molecule has 1 rings (SSSR count). The zero-order valence-electron chi connectivity index (χ0n) is 11.0. The van der Waals surface area contributed by atoms with Crippen LogP contribution in [0, 0.1) is 0 Å². The van der Waals surface area contributed by atoms with E-state index >= 15 is 0 Å². The Hall–Kier alpha value is -1.51. The van der Waals surface area contributed by atoms with Gasteiger partial charge in [0.25, 0.3) is 0 Å². The standard InChI is InChI=1S/C10H14.C4H9NO2/c1-3-9-6-5-7-10(4-2)8-9;1-2-3-7-4(5)6/h5-8H,3-4H2,1-2H3;2-3H2,1H3,(H2,5,6). The lowest BCUT2D eigenvalue weighted by Crippen LogP contribution is -2.12. The Labute approximate surface area is 104 Å². The Morgan fingerprint density at radius 3 is 2.00 bits per heavy atom. The molecule has 1 aromatic rings. The minimum Gasteiger partial charge on any atom is -0.450 e. The number of amides is 1. The molecule has 0 heterocycles. The lowest BCUT2D eigenvalue weighted by Gasteiger charge is -1.98. The molecule has 0 aliphatic carbocycles. The normalized spacial score (nSPS) is 9.12.